The van der Waals surface area contributed by atoms with E-state index in [1.54, 1.807) is 0 Å². The SMILES string of the molecule is O=C1/C(=C\c2ccccc2)CCCC1c1ccccc1. The van der Waals surface area contributed by atoms with Gasteiger partial charge < -0.3 is 0 Å². The molecule has 100 valence electrons. The normalized spacial score (nSPS) is 21.1. The van der Waals surface area contributed by atoms with Crippen molar-refractivity contribution in [2.75, 3.05) is 0 Å². The fraction of sp³-hybridized carbons (Fsp3) is 0.211. The Morgan fingerprint density at radius 3 is 2.25 bits per heavy atom. The first-order chi connectivity index (χ1) is 9.84. The average Bonchev–Trinajstić information content (AvgIpc) is 2.51. The molecular formula is C19H18O. The third kappa shape index (κ3) is 2.72. The molecule has 0 amide bonds. The average molecular weight is 262 g/mol. The zero-order valence-electron chi connectivity index (χ0n) is 11.5. The summed E-state index contributed by atoms with van der Waals surface area (Å²) in [5.74, 6) is 0.339. The molecule has 20 heavy (non-hydrogen) atoms. The molecule has 1 aliphatic rings. The van der Waals surface area contributed by atoms with Crippen molar-refractivity contribution in [2.45, 2.75) is 25.2 Å². The molecule has 1 atom stereocenters. The predicted octanol–water partition coefficient (Wildman–Crippen LogP) is 4.61. The highest BCUT2D eigenvalue weighted by Crippen LogP contribution is 2.33. The van der Waals surface area contributed by atoms with Gasteiger partial charge in [0.2, 0.25) is 0 Å². The lowest BCUT2D eigenvalue weighted by molar-refractivity contribution is -0.117. The van der Waals surface area contributed by atoms with E-state index < -0.39 is 0 Å². The minimum absolute atomic E-state index is 0.0416. The first kappa shape index (κ1) is 12.9. The number of Topliss-reactive ketones (excluding diaryl/α,β-unsaturated/α-hetero) is 1. The number of allylic oxidation sites excluding steroid dienone is 1. The zero-order chi connectivity index (χ0) is 13.8. The molecule has 1 nitrogen and oxygen atoms in total. The molecule has 0 heterocycles. The van der Waals surface area contributed by atoms with Crippen molar-refractivity contribution < 1.29 is 4.79 Å². The summed E-state index contributed by atoms with van der Waals surface area (Å²) >= 11 is 0. The molecule has 0 bridgehead atoms. The molecule has 1 aliphatic carbocycles. The molecule has 2 aromatic carbocycles. The van der Waals surface area contributed by atoms with Crippen LogP contribution in [0, 0.1) is 0 Å². The van der Waals surface area contributed by atoms with Crippen LogP contribution < -0.4 is 0 Å². The van der Waals surface area contributed by atoms with Gasteiger partial charge in [-0.25, -0.2) is 0 Å². The molecule has 1 saturated carbocycles. The van der Waals surface area contributed by atoms with Crippen LogP contribution in [0.2, 0.25) is 0 Å². The van der Waals surface area contributed by atoms with E-state index in [0.717, 1.165) is 36.0 Å². The molecule has 1 heteroatoms. The lowest BCUT2D eigenvalue weighted by Crippen LogP contribution is -2.19. The van der Waals surface area contributed by atoms with Gasteiger partial charge >= 0.3 is 0 Å². The fourth-order valence-electron chi connectivity index (χ4n) is 2.87. The summed E-state index contributed by atoms with van der Waals surface area (Å²) in [6.45, 7) is 0. The molecular weight excluding hydrogens is 244 g/mol. The van der Waals surface area contributed by atoms with Gasteiger partial charge in [0.1, 0.15) is 0 Å². The van der Waals surface area contributed by atoms with Crippen molar-refractivity contribution in [3.8, 4) is 0 Å². The summed E-state index contributed by atoms with van der Waals surface area (Å²) in [5, 5.41) is 0. The lowest BCUT2D eigenvalue weighted by atomic mass is 9.79. The van der Waals surface area contributed by atoms with Crippen LogP contribution in [0.25, 0.3) is 6.08 Å². The summed E-state index contributed by atoms with van der Waals surface area (Å²) in [4.78, 5) is 12.7. The number of carbonyl (C=O) groups is 1. The first-order valence-corrected chi connectivity index (χ1v) is 7.19. The predicted molar refractivity (Wildman–Crippen MR) is 82.5 cm³/mol. The van der Waals surface area contributed by atoms with Crippen LogP contribution in [-0.2, 0) is 4.79 Å². The Balaban J connectivity index is 1.88. The first-order valence-electron chi connectivity index (χ1n) is 7.19. The number of hydrogen-bond acceptors (Lipinski definition) is 1. The second-order valence-electron chi connectivity index (χ2n) is 5.30. The van der Waals surface area contributed by atoms with Crippen LogP contribution in [-0.4, -0.2) is 5.78 Å². The van der Waals surface area contributed by atoms with E-state index in [9.17, 15) is 4.79 Å². The molecule has 2 aromatic rings. The van der Waals surface area contributed by atoms with Crippen LogP contribution in [0.3, 0.4) is 0 Å². The van der Waals surface area contributed by atoms with Crippen molar-refractivity contribution in [2.24, 2.45) is 0 Å². The van der Waals surface area contributed by atoms with Gasteiger partial charge in [-0.3, -0.25) is 4.79 Å². The number of ketones is 1. The van der Waals surface area contributed by atoms with E-state index in [-0.39, 0.29) is 5.92 Å². The van der Waals surface area contributed by atoms with E-state index >= 15 is 0 Å². The number of carbonyl (C=O) groups excluding carboxylic acids is 1. The smallest absolute Gasteiger partial charge is 0.166 e. The Labute approximate surface area is 120 Å². The summed E-state index contributed by atoms with van der Waals surface area (Å²) in [5.41, 5.74) is 3.23. The molecule has 0 radical (unpaired) electrons. The maximum Gasteiger partial charge on any atom is 0.166 e. The number of rotatable bonds is 2. The van der Waals surface area contributed by atoms with Crippen molar-refractivity contribution in [1.82, 2.24) is 0 Å². The molecule has 1 fully saturated rings. The number of hydrogen-bond donors (Lipinski definition) is 0. The maximum atomic E-state index is 12.7. The van der Waals surface area contributed by atoms with Gasteiger partial charge in [0, 0.05) is 5.92 Å². The quantitative estimate of drug-likeness (QED) is 0.722. The van der Waals surface area contributed by atoms with Gasteiger partial charge in [-0.05, 0) is 42.0 Å². The molecule has 3 rings (SSSR count). The van der Waals surface area contributed by atoms with Crippen molar-refractivity contribution in [3.05, 3.63) is 77.4 Å². The monoisotopic (exact) mass is 262 g/mol. The highest BCUT2D eigenvalue weighted by Gasteiger charge is 2.27. The Kier molecular flexibility index (Phi) is 3.78. The topological polar surface area (TPSA) is 17.1 Å². The van der Waals surface area contributed by atoms with Gasteiger partial charge in [-0.15, -0.1) is 0 Å². The van der Waals surface area contributed by atoms with Crippen LogP contribution in [0.4, 0.5) is 0 Å². The molecule has 0 saturated heterocycles. The highest BCUT2D eigenvalue weighted by atomic mass is 16.1. The van der Waals surface area contributed by atoms with Gasteiger partial charge in [-0.1, -0.05) is 60.7 Å². The Morgan fingerprint density at radius 1 is 0.900 bits per heavy atom. The van der Waals surface area contributed by atoms with E-state index in [1.807, 2.05) is 48.5 Å². The molecule has 0 spiro atoms. The van der Waals surface area contributed by atoms with Crippen molar-refractivity contribution in [3.63, 3.8) is 0 Å². The highest BCUT2D eigenvalue weighted by molar-refractivity contribution is 6.04. The summed E-state index contributed by atoms with van der Waals surface area (Å²) in [7, 11) is 0. The van der Waals surface area contributed by atoms with Crippen LogP contribution >= 0.6 is 0 Å². The third-order valence-electron chi connectivity index (χ3n) is 3.91. The second-order valence-corrected chi connectivity index (χ2v) is 5.30. The molecule has 0 N–H and O–H groups in total. The lowest BCUT2D eigenvalue weighted by Gasteiger charge is -2.23. The summed E-state index contributed by atoms with van der Waals surface area (Å²) < 4.78 is 0. The van der Waals surface area contributed by atoms with Crippen molar-refractivity contribution in [1.29, 1.82) is 0 Å². The minimum Gasteiger partial charge on any atom is -0.294 e. The maximum absolute atomic E-state index is 12.7. The second kappa shape index (κ2) is 5.87. The van der Waals surface area contributed by atoms with E-state index in [0.29, 0.717) is 5.78 Å². The Morgan fingerprint density at radius 2 is 1.55 bits per heavy atom. The standard InChI is InChI=1S/C19H18O/c20-19-17(14-15-8-3-1-4-9-15)12-7-13-18(19)16-10-5-2-6-11-16/h1-6,8-11,14,18H,7,12-13H2/b17-14-. The molecule has 0 aromatic heterocycles. The van der Waals surface area contributed by atoms with E-state index in [1.165, 1.54) is 0 Å². The minimum atomic E-state index is 0.0416. The zero-order valence-corrected chi connectivity index (χ0v) is 11.5. The summed E-state index contributed by atoms with van der Waals surface area (Å²) in [6, 6.07) is 20.3. The fourth-order valence-corrected chi connectivity index (χ4v) is 2.87. The number of benzene rings is 2. The van der Waals surface area contributed by atoms with Crippen molar-refractivity contribution >= 4 is 11.9 Å². The van der Waals surface area contributed by atoms with Gasteiger partial charge in [0.05, 0.1) is 0 Å². The van der Waals surface area contributed by atoms with Gasteiger partial charge in [0.25, 0.3) is 0 Å². The van der Waals surface area contributed by atoms with E-state index in [4.69, 9.17) is 0 Å². The largest absolute Gasteiger partial charge is 0.294 e. The van der Waals surface area contributed by atoms with Crippen LogP contribution in [0.1, 0.15) is 36.3 Å². The van der Waals surface area contributed by atoms with Crippen LogP contribution in [0.15, 0.2) is 66.2 Å². The Hall–Kier alpha value is -2.15. The Bertz CT molecular complexity index is 611. The van der Waals surface area contributed by atoms with Gasteiger partial charge in [-0.2, -0.15) is 0 Å². The summed E-state index contributed by atoms with van der Waals surface area (Å²) in [6.07, 6.45) is 5.01. The van der Waals surface area contributed by atoms with Crippen LogP contribution in [0.5, 0.6) is 0 Å². The molecule has 1 unspecified atom stereocenters. The third-order valence-corrected chi connectivity index (χ3v) is 3.91. The molecule has 0 aliphatic heterocycles. The van der Waals surface area contributed by atoms with E-state index in [2.05, 4.69) is 18.2 Å². The van der Waals surface area contributed by atoms with Gasteiger partial charge in [0.15, 0.2) is 5.78 Å².